The molecule has 1 rings (SSSR count). The highest BCUT2D eigenvalue weighted by molar-refractivity contribution is 6.31. The third-order valence-electron chi connectivity index (χ3n) is 2.31. The zero-order valence-electron chi connectivity index (χ0n) is 10.3. The lowest BCUT2D eigenvalue weighted by Gasteiger charge is -2.15. The van der Waals surface area contributed by atoms with E-state index in [0.29, 0.717) is 11.4 Å². The van der Waals surface area contributed by atoms with Crippen molar-refractivity contribution in [2.45, 2.75) is 39.7 Å². The third kappa shape index (κ3) is 4.27. The van der Waals surface area contributed by atoms with Crippen molar-refractivity contribution in [3.05, 3.63) is 28.3 Å². The zero-order valence-corrected chi connectivity index (χ0v) is 11.0. The molecule has 0 aliphatic carbocycles. The molecule has 0 radical (unpaired) electrons. The molecule has 0 unspecified atom stereocenters. The fourth-order valence-corrected chi connectivity index (χ4v) is 1.68. The van der Waals surface area contributed by atoms with Crippen LogP contribution in [0.3, 0.4) is 0 Å². The van der Waals surface area contributed by atoms with Crippen LogP contribution in [-0.2, 0) is 11.2 Å². The average molecular weight is 257 g/mol. The second-order valence-electron chi connectivity index (χ2n) is 4.27. The highest BCUT2D eigenvalue weighted by atomic mass is 35.5. The van der Waals surface area contributed by atoms with Crippen LogP contribution in [0.4, 0.5) is 0 Å². The number of aryl methyl sites for hydroxylation is 2. The average Bonchev–Trinajstić information content (AvgIpc) is 2.20. The van der Waals surface area contributed by atoms with E-state index in [2.05, 4.69) is 0 Å². The second-order valence-corrected chi connectivity index (χ2v) is 4.68. The van der Waals surface area contributed by atoms with Crippen molar-refractivity contribution < 1.29 is 14.6 Å². The first-order valence-corrected chi connectivity index (χ1v) is 5.95. The van der Waals surface area contributed by atoms with Gasteiger partial charge in [0.05, 0.1) is 6.10 Å². The monoisotopic (exact) mass is 256 g/mol. The Balaban J connectivity index is 2.98. The molecule has 0 spiro atoms. The van der Waals surface area contributed by atoms with Gasteiger partial charge in [-0.25, -0.2) is 0 Å². The maximum Gasteiger partial charge on any atom is 0.303 e. The molecule has 0 amide bonds. The van der Waals surface area contributed by atoms with E-state index in [1.54, 1.807) is 6.07 Å². The zero-order chi connectivity index (χ0) is 13.0. The van der Waals surface area contributed by atoms with E-state index in [0.717, 1.165) is 16.9 Å². The minimum atomic E-state index is -0.822. The summed E-state index contributed by atoms with van der Waals surface area (Å²) in [6.45, 7) is 5.77. The molecule has 0 saturated carbocycles. The van der Waals surface area contributed by atoms with Crippen LogP contribution in [0.15, 0.2) is 12.1 Å². The van der Waals surface area contributed by atoms with Crippen LogP contribution >= 0.6 is 11.6 Å². The summed E-state index contributed by atoms with van der Waals surface area (Å²) in [6, 6.07) is 3.65. The number of carboxylic acid groups (broad SMARTS) is 1. The molecule has 3 nitrogen and oxygen atoms in total. The summed E-state index contributed by atoms with van der Waals surface area (Å²) >= 11 is 6.03. The normalized spacial score (nSPS) is 10.6. The predicted molar refractivity (Wildman–Crippen MR) is 67.9 cm³/mol. The Morgan fingerprint density at radius 1 is 1.47 bits per heavy atom. The summed E-state index contributed by atoms with van der Waals surface area (Å²) in [5, 5.41) is 9.34. The van der Waals surface area contributed by atoms with Gasteiger partial charge in [-0.3, -0.25) is 4.79 Å². The minimum absolute atomic E-state index is 0.0548. The molecule has 4 heteroatoms. The minimum Gasteiger partial charge on any atom is -0.491 e. The van der Waals surface area contributed by atoms with Gasteiger partial charge in [0, 0.05) is 11.4 Å². The van der Waals surface area contributed by atoms with Gasteiger partial charge in [-0.2, -0.15) is 0 Å². The molecule has 94 valence electrons. The highest BCUT2D eigenvalue weighted by Crippen LogP contribution is 2.28. The number of benzene rings is 1. The second kappa shape index (κ2) is 5.92. The summed E-state index contributed by atoms with van der Waals surface area (Å²) in [5.74, 6) is -0.0969. The molecule has 0 aliphatic heterocycles. The number of hydrogen-bond acceptors (Lipinski definition) is 2. The fourth-order valence-electron chi connectivity index (χ4n) is 1.50. The number of rotatable bonds is 5. The van der Waals surface area contributed by atoms with Gasteiger partial charge < -0.3 is 9.84 Å². The Labute approximate surface area is 106 Å². The molecule has 0 fully saturated rings. The summed E-state index contributed by atoms with van der Waals surface area (Å²) in [6.07, 6.45) is 0.560. The van der Waals surface area contributed by atoms with E-state index < -0.39 is 5.97 Å². The lowest BCUT2D eigenvalue weighted by atomic mass is 10.1. The Bertz CT molecular complexity index is 413. The lowest BCUT2D eigenvalue weighted by Crippen LogP contribution is -2.08. The van der Waals surface area contributed by atoms with Crippen molar-refractivity contribution in [3.8, 4) is 5.75 Å². The van der Waals surface area contributed by atoms with Gasteiger partial charge in [-0.15, -0.1) is 0 Å². The van der Waals surface area contributed by atoms with Gasteiger partial charge in [0.15, 0.2) is 0 Å². The number of halogens is 1. The quantitative estimate of drug-likeness (QED) is 0.878. The maximum absolute atomic E-state index is 10.6. The van der Waals surface area contributed by atoms with Crippen molar-refractivity contribution >= 4 is 17.6 Å². The Kier molecular flexibility index (Phi) is 4.82. The topological polar surface area (TPSA) is 46.5 Å². The van der Waals surface area contributed by atoms with Crippen LogP contribution < -0.4 is 4.74 Å². The molecular weight excluding hydrogens is 240 g/mol. The number of carbonyl (C=O) groups is 1. The van der Waals surface area contributed by atoms with Crippen LogP contribution in [0, 0.1) is 6.92 Å². The maximum atomic E-state index is 10.6. The van der Waals surface area contributed by atoms with Crippen LogP contribution in [-0.4, -0.2) is 17.2 Å². The number of aliphatic carboxylic acids is 1. The first kappa shape index (κ1) is 13.8. The van der Waals surface area contributed by atoms with Crippen LogP contribution in [0.5, 0.6) is 5.75 Å². The summed E-state index contributed by atoms with van der Waals surface area (Å²) in [7, 11) is 0. The molecular formula is C13H17ClO3. The van der Waals surface area contributed by atoms with E-state index in [4.69, 9.17) is 21.4 Å². The van der Waals surface area contributed by atoms with Gasteiger partial charge in [-0.1, -0.05) is 11.6 Å². The van der Waals surface area contributed by atoms with Crippen molar-refractivity contribution in [3.63, 3.8) is 0 Å². The predicted octanol–water partition coefficient (Wildman–Crippen LogP) is 3.45. The molecule has 0 aromatic heterocycles. The fraction of sp³-hybridized carbons (Fsp3) is 0.462. The van der Waals surface area contributed by atoms with Crippen LogP contribution in [0.2, 0.25) is 5.02 Å². The van der Waals surface area contributed by atoms with Gasteiger partial charge in [0.25, 0.3) is 0 Å². The SMILES string of the molecule is Cc1cc(OC(C)C)c(CCC(=O)O)cc1Cl. The molecule has 0 bridgehead atoms. The van der Waals surface area contributed by atoms with Crippen LogP contribution in [0.1, 0.15) is 31.4 Å². The van der Waals surface area contributed by atoms with E-state index in [1.807, 2.05) is 26.8 Å². The van der Waals surface area contributed by atoms with Gasteiger partial charge in [-0.05, 0) is 50.5 Å². The van der Waals surface area contributed by atoms with Crippen molar-refractivity contribution in [2.75, 3.05) is 0 Å². The van der Waals surface area contributed by atoms with E-state index in [9.17, 15) is 4.79 Å². The summed E-state index contributed by atoms with van der Waals surface area (Å²) in [4.78, 5) is 10.6. The number of ether oxygens (including phenoxy) is 1. The Morgan fingerprint density at radius 3 is 2.65 bits per heavy atom. The van der Waals surface area contributed by atoms with Crippen molar-refractivity contribution in [2.24, 2.45) is 0 Å². The van der Waals surface area contributed by atoms with E-state index in [1.165, 1.54) is 0 Å². The third-order valence-corrected chi connectivity index (χ3v) is 2.72. The molecule has 1 aromatic carbocycles. The number of hydrogen-bond donors (Lipinski definition) is 1. The van der Waals surface area contributed by atoms with Crippen molar-refractivity contribution in [1.82, 2.24) is 0 Å². The molecule has 0 aliphatic rings. The van der Waals surface area contributed by atoms with E-state index >= 15 is 0 Å². The molecule has 1 N–H and O–H groups in total. The van der Waals surface area contributed by atoms with E-state index in [-0.39, 0.29) is 12.5 Å². The van der Waals surface area contributed by atoms with Gasteiger partial charge >= 0.3 is 5.97 Å². The number of carboxylic acids is 1. The lowest BCUT2D eigenvalue weighted by molar-refractivity contribution is -0.136. The Hall–Kier alpha value is -1.22. The van der Waals surface area contributed by atoms with Gasteiger partial charge in [0.2, 0.25) is 0 Å². The first-order valence-electron chi connectivity index (χ1n) is 5.57. The Morgan fingerprint density at radius 2 is 2.12 bits per heavy atom. The van der Waals surface area contributed by atoms with Gasteiger partial charge in [0.1, 0.15) is 5.75 Å². The van der Waals surface area contributed by atoms with Crippen LogP contribution in [0.25, 0.3) is 0 Å². The molecule has 1 aromatic rings. The smallest absolute Gasteiger partial charge is 0.303 e. The highest BCUT2D eigenvalue weighted by Gasteiger charge is 2.10. The first-order chi connectivity index (χ1) is 7.90. The van der Waals surface area contributed by atoms with Crippen molar-refractivity contribution in [1.29, 1.82) is 0 Å². The standard InChI is InChI=1S/C13H17ClO3/c1-8(2)17-12-6-9(3)11(14)7-10(12)4-5-13(15)16/h6-8H,4-5H2,1-3H3,(H,15,16). The molecule has 17 heavy (non-hydrogen) atoms. The largest absolute Gasteiger partial charge is 0.491 e. The summed E-state index contributed by atoms with van der Waals surface area (Å²) < 4.78 is 5.66. The molecule has 0 heterocycles. The molecule has 0 atom stereocenters. The summed E-state index contributed by atoms with van der Waals surface area (Å²) in [5.41, 5.74) is 1.78. The molecule has 0 saturated heterocycles.